The molecule has 0 aliphatic carbocycles. The minimum absolute atomic E-state index is 0.0182. The largest absolute Gasteiger partial charge is 0.394 e. The lowest BCUT2D eigenvalue weighted by Gasteiger charge is -2.23. The van der Waals surface area contributed by atoms with Gasteiger partial charge in [-0.05, 0) is 42.5 Å². The van der Waals surface area contributed by atoms with E-state index in [-0.39, 0.29) is 23.7 Å². The smallest absolute Gasteiger partial charge is 0.264 e. The van der Waals surface area contributed by atoms with Crippen LogP contribution in [0.4, 0.5) is 10.1 Å². The Balaban J connectivity index is 2.48. The minimum atomic E-state index is -3.90. The zero-order valence-electron chi connectivity index (χ0n) is 10.9. The van der Waals surface area contributed by atoms with E-state index in [9.17, 15) is 12.8 Å². The molecule has 0 aliphatic rings. The van der Waals surface area contributed by atoms with Gasteiger partial charge in [-0.3, -0.25) is 4.31 Å². The van der Waals surface area contributed by atoms with Crippen LogP contribution in [0.3, 0.4) is 0 Å². The molecule has 112 valence electrons. The first-order valence-electron chi connectivity index (χ1n) is 6.10. The van der Waals surface area contributed by atoms with Crippen molar-refractivity contribution >= 4 is 27.3 Å². The molecular formula is C14H13ClFNO3S. The molecule has 0 aliphatic heterocycles. The molecule has 0 unspecified atom stereocenters. The van der Waals surface area contributed by atoms with Crippen molar-refractivity contribution < 1.29 is 17.9 Å². The van der Waals surface area contributed by atoms with Gasteiger partial charge in [0.15, 0.2) is 0 Å². The molecule has 0 fully saturated rings. The molecule has 7 heteroatoms. The molecule has 2 aromatic carbocycles. The maximum absolute atomic E-state index is 13.3. The van der Waals surface area contributed by atoms with Gasteiger partial charge in [0.25, 0.3) is 10.0 Å². The molecule has 2 rings (SSSR count). The van der Waals surface area contributed by atoms with Crippen molar-refractivity contribution in [2.24, 2.45) is 0 Å². The summed E-state index contributed by atoms with van der Waals surface area (Å²) in [6, 6.07) is 10.8. The van der Waals surface area contributed by atoms with E-state index in [0.29, 0.717) is 5.02 Å². The van der Waals surface area contributed by atoms with E-state index in [0.717, 1.165) is 10.4 Å². The Bertz CT molecular complexity index is 719. The van der Waals surface area contributed by atoms with Crippen LogP contribution in [0.1, 0.15) is 0 Å². The highest BCUT2D eigenvalue weighted by molar-refractivity contribution is 7.92. The summed E-state index contributed by atoms with van der Waals surface area (Å²) in [5, 5.41) is 9.51. The van der Waals surface area contributed by atoms with Gasteiger partial charge in [0.1, 0.15) is 5.82 Å². The maximum atomic E-state index is 13.3. The van der Waals surface area contributed by atoms with Crippen molar-refractivity contribution in [1.82, 2.24) is 0 Å². The predicted molar refractivity (Wildman–Crippen MR) is 79.5 cm³/mol. The molecule has 0 radical (unpaired) electrons. The van der Waals surface area contributed by atoms with Crippen molar-refractivity contribution in [2.45, 2.75) is 4.90 Å². The van der Waals surface area contributed by atoms with Crippen molar-refractivity contribution in [1.29, 1.82) is 0 Å². The van der Waals surface area contributed by atoms with E-state index < -0.39 is 15.8 Å². The monoisotopic (exact) mass is 329 g/mol. The number of anilines is 1. The molecule has 2 aromatic rings. The van der Waals surface area contributed by atoms with Crippen LogP contribution < -0.4 is 4.31 Å². The number of nitrogens with zero attached hydrogens (tertiary/aromatic N) is 1. The molecule has 0 spiro atoms. The van der Waals surface area contributed by atoms with E-state index >= 15 is 0 Å². The predicted octanol–water partition coefficient (Wildman–Crippen LogP) is 2.67. The molecule has 0 atom stereocenters. The molecule has 0 heterocycles. The van der Waals surface area contributed by atoms with Crippen molar-refractivity contribution in [2.75, 3.05) is 17.5 Å². The Kier molecular flexibility index (Phi) is 4.82. The molecule has 21 heavy (non-hydrogen) atoms. The highest BCUT2D eigenvalue weighted by Crippen LogP contribution is 2.24. The minimum Gasteiger partial charge on any atom is -0.394 e. The van der Waals surface area contributed by atoms with Gasteiger partial charge in [-0.2, -0.15) is 0 Å². The highest BCUT2D eigenvalue weighted by atomic mass is 35.5. The van der Waals surface area contributed by atoms with Crippen LogP contribution in [0.15, 0.2) is 53.4 Å². The molecular weight excluding hydrogens is 317 g/mol. The van der Waals surface area contributed by atoms with E-state index in [4.69, 9.17) is 16.7 Å². The summed E-state index contributed by atoms with van der Waals surface area (Å²) in [6.45, 7) is -0.558. The molecule has 0 saturated carbocycles. The van der Waals surface area contributed by atoms with E-state index in [1.54, 1.807) is 0 Å². The van der Waals surface area contributed by atoms with Gasteiger partial charge < -0.3 is 5.11 Å². The Labute approximate surface area is 127 Å². The normalized spacial score (nSPS) is 11.4. The summed E-state index contributed by atoms with van der Waals surface area (Å²) in [5.41, 5.74) is 0.152. The van der Waals surface area contributed by atoms with Crippen LogP contribution in [0, 0.1) is 5.82 Å². The van der Waals surface area contributed by atoms with Crippen LogP contribution in [0.2, 0.25) is 5.02 Å². The summed E-state index contributed by atoms with van der Waals surface area (Å²) < 4.78 is 39.5. The topological polar surface area (TPSA) is 57.6 Å². The van der Waals surface area contributed by atoms with E-state index in [2.05, 4.69) is 0 Å². The Hall–Kier alpha value is -1.63. The van der Waals surface area contributed by atoms with Crippen LogP contribution in [-0.4, -0.2) is 26.7 Å². The molecule has 4 nitrogen and oxygen atoms in total. The lowest BCUT2D eigenvalue weighted by molar-refractivity contribution is 0.306. The SMILES string of the molecule is O=S(=O)(c1ccc(Cl)cc1)N(CCO)c1cccc(F)c1. The number of aliphatic hydroxyl groups is 1. The Morgan fingerprint density at radius 1 is 1.14 bits per heavy atom. The fourth-order valence-corrected chi connectivity index (χ4v) is 3.42. The van der Waals surface area contributed by atoms with Gasteiger partial charge in [-0.15, -0.1) is 0 Å². The van der Waals surface area contributed by atoms with Crippen LogP contribution in [0.5, 0.6) is 0 Å². The Morgan fingerprint density at radius 2 is 1.81 bits per heavy atom. The Morgan fingerprint density at radius 3 is 2.38 bits per heavy atom. The number of aliphatic hydroxyl groups excluding tert-OH is 1. The summed E-state index contributed by atoms with van der Waals surface area (Å²) in [6.07, 6.45) is 0. The fourth-order valence-electron chi connectivity index (χ4n) is 1.84. The number of sulfonamides is 1. The second-order valence-electron chi connectivity index (χ2n) is 4.23. The lowest BCUT2D eigenvalue weighted by atomic mass is 10.3. The number of rotatable bonds is 5. The number of benzene rings is 2. The number of hydrogen-bond donors (Lipinski definition) is 1. The van der Waals surface area contributed by atoms with Crippen molar-refractivity contribution in [3.8, 4) is 0 Å². The molecule has 0 bridgehead atoms. The number of halogens is 2. The van der Waals surface area contributed by atoms with Gasteiger partial charge in [-0.25, -0.2) is 12.8 Å². The second-order valence-corrected chi connectivity index (χ2v) is 6.53. The van der Waals surface area contributed by atoms with Crippen LogP contribution >= 0.6 is 11.6 Å². The lowest BCUT2D eigenvalue weighted by Crippen LogP contribution is -2.33. The second kappa shape index (κ2) is 6.43. The first-order chi connectivity index (χ1) is 9.95. The average molecular weight is 330 g/mol. The quantitative estimate of drug-likeness (QED) is 0.917. The zero-order chi connectivity index (χ0) is 15.5. The molecule has 0 aromatic heterocycles. The average Bonchev–Trinajstić information content (AvgIpc) is 2.45. The zero-order valence-corrected chi connectivity index (χ0v) is 12.5. The van der Waals surface area contributed by atoms with Crippen LogP contribution in [-0.2, 0) is 10.0 Å². The van der Waals surface area contributed by atoms with Gasteiger partial charge in [0.05, 0.1) is 23.7 Å². The molecule has 0 saturated heterocycles. The maximum Gasteiger partial charge on any atom is 0.264 e. The third kappa shape index (κ3) is 3.53. The number of hydrogen-bond acceptors (Lipinski definition) is 3. The highest BCUT2D eigenvalue weighted by Gasteiger charge is 2.24. The molecule has 0 amide bonds. The summed E-state index contributed by atoms with van der Waals surface area (Å²) in [5.74, 6) is -0.554. The van der Waals surface area contributed by atoms with Gasteiger partial charge in [-0.1, -0.05) is 17.7 Å². The van der Waals surface area contributed by atoms with Crippen molar-refractivity contribution in [3.05, 3.63) is 59.4 Å². The third-order valence-corrected chi connectivity index (χ3v) is 4.89. The van der Waals surface area contributed by atoms with E-state index in [1.807, 2.05) is 0 Å². The molecule has 1 N–H and O–H groups in total. The third-order valence-electron chi connectivity index (χ3n) is 2.80. The van der Waals surface area contributed by atoms with Gasteiger partial charge in [0, 0.05) is 5.02 Å². The first-order valence-corrected chi connectivity index (χ1v) is 7.91. The fraction of sp³-hybridized carbons (Fsp3) is 0.143. The summed E-state index contributed by atoms with van der Waals surface area (Å²) in [7, 11) is -3.90. The summed E-state index contributed by atoms with van der Waals surface area (Å²) >= 11 is 5.74. The van der Waals surface area contributed by atoms with Gasteiger partial charge >= 0.3 is 0 Å². The standard InChI is InChI=1S/C14H13ClFNO3S/c15-11-4-6-14(7-5-11)21(19,20)17(8-9-18)13-3-1-2-12(16)10-13/h1-7,10,18H,8-9H2. The summed E-state index contributed by atoms with van der Waals surface area (Å²) in [4.78, 5) is 0.0182. The van der Waals surface area contributed by atoms with Crippen molar-refractivity contribution in [3.63, 3.8) is 0 Å². The first kappa shape index (κ1) is 15.8. The van der Waals surface area contributed by atoms with Crippen LogP contribution in [0.25, 0.3) is 0 Å². The van der Waals surface area contributed by atoms with Gasteiger partial charge in [0.2, 0.25) is 0 Å². The van der Waals surface area contributed by atoms with E-state index in [1.165, 1.54) is 42.5 Å².